The maximum atomic E-state index is 13.3. The molecule has 1 aromatic heterocycles. The second-order valence-corrected chi connectivity index (χ2v) is 7.81. The summed E-state index contributed by atoms with van der Waals surface area (Å²) in [5, 5.41) is 8.28. The van der Waals surface area contributed by atoms with E-state index in [-0.39, 0.29) is 23.8 Å². The molecule has 1 saturated heterocycles. The maximum absolute atomic E-state index is 13.3. The van der Waals surface area contributed by atoms with Gasteiger partial charge >= 0.3 is 11.8 Å². The number of carbonyl (C=O) groups is 2. The monoisotopic (exact) mass is 366 g/mol. The minimum atomic E-state index is -0.456. The molecule has 1 aromatic carbocycles. The highest BCUT2D eigenvalue weighted by Crippen LogP contribution is 2.60. The molecular formula is C20H19FN4O2. The van der Waals surface area contributed by atoms with Crippen LogP contribution >= 0.6 is 0 Å². The quantitative estimate of drug-likeness (QED) is 0.777. The number of hydrogen-bond donors (Lipinski definition) is 0. The van der Waals surface area contributed by atoms with Gasteiger partial charge in [-0.05, 0) is 49.4 Å². The molecule has 6 nitrogen and oxygen atoms in total. The second-order valence-electron chi connectivity index (χ2n) is 7.81. The van der Waals surface area contributed by atoms with Gasteiger partial charge in [-0.2, -0.15) is 10.2 Å². The molecule has 0 unspecified atom stereocenters. The van der Waals surface area contributed by atoms with Gasteiger partial charge < -0.3 is 9.80 Å². The molecule has 2 amide bonds. The Labute approximate surface area is 156 Å². The number of piperazine rings is 1. The predicted octanol–water partition coefficient (Wildman–Crippen LogP) is 2.01. The lowest BCUT2D eigenvalue weighted by atomic mass is 9.49. The van der Waals surface area contributed by atoms with E-state index in [1.54, 1.807) is 29.2 Å². The summed E-state index contributed by atoms with van der Waals surface area (Å²) in [5.74, 6) is -0.410. The summed E-state index contributed by atoms with van der Waals surface area (Å²) in [6, 6.07) is 9.67. The molecule has 2 bridgehead atoms. The number of nitrogens with zero attached hydrogens (tertiary/aromatic N) is 4. The first-order valence-corrected chi connectivity index (χ1v) is 9.23. The van der Waals surface area contributed by atoms with Gasteiger partial charge in [0.05, 0.1) is 17.9 Å². The van der Waals surface area contributed by atoms with E-state index in [0.29, 0.717) is 30.0 Å². The van der Waals surface area contributed by atoms with E-state index in [1.165, 1.54) is 17.0 Å². The van der Waals surface area contributed by atoms with Crippen molar-refractivity contribution >= 4 is 11.8 Å². The van der Waals surface area contributed by atoms with Gasteiger partial charge in [-0.1, -0.05) is 12.1 Å². The van der Waals surface area contributed by atoms with E-state index in [1.807, 2.05) is 0 Å². The van der Waals surface area contributed by atoms with Crippen LogP contribution in [-0.4, -0.2) is 50.4 Å². The van der Waals surface area contributed by atoms with Crippen LogP contribution < -0.4 is 0 Å². The van der Waals surface area contributed by atoms with Crippen molar-refractivity contribution in [3.63, 3.8) is 0 Å². The van der Waals surface area contributed by atoms with Crippen molar-refractivity contribution in [2.45, 2.75) is 31.3 Å². The zero-order valence-corrected chi connectivity index (χ0v) is 14.8. The van der Waals surface area contributed by atoms with Crippen LogP contribution in [0.15, 0.2) is 36.4 Å². The minimum Gasteiger partial charge on any atom is -0.327 e. The predicted molar refractivity (Wildman–Crippen MR) is 94.6 cm³/mol. The van der Waals surface area contributed by atoms with Crippen LogP contribution in [0.25, 0.3) is 11.3 Å². The molecule has 0 atom stereocenters. The third kappa shape index (κ3) is 2.60. The topological polar surface area (TPSA) is 66.4 Å². The van der Waals surface area contributed by atoms with Crippen molar-refractivity contribution in [1.29, 1.82) is 0 Å². The Bertz CT molecular complexity index is 913. The molecular weight excluding hydrogens is 347 g/mol. The largest absolute Gasteiger partial charge is 0.327 e. The molecule has 138 valence electrons. The molecule has 7 heteroatoms. The second kappa shape index (κ2) is 5.84. The van der Waals surface area contributed by atoms with Gasteiger partial charge in [-0.15, -0.1) is 0 Å². The van der Waals surface area contributed by atoms with Crippen molar-refractivity contribution < 1.29 is 14.0 Å². The smallest absolute Gasteiger partial charge is 0.312 e. The molecule has 2 heterocycles. The number of aromatic nitrogens is 2. The summed E-state index contributed by atoms with van der Waals surface area (Å²) in [7, 11) is 0. The Balaban J connectivity index is 1.27. The number of hydrogen-bond acceptors (Lipinski definition) is 4. The molecule has 3 aliphatic carbocycles. The summed E-state index contributed by atoms with van der Waals surface area (Å²) >= 11 is 0. The van der Waals surface area contributed by atoms with E-state index < -0.39 is 5.91 Å². The van der Waals surface area contributed by atoms with Gasteiger partial charge in [0.2, 0.25) is 0 Å². The van der Waals surface area contributed by atoms with Gasteiger partial charge in [0.25, 0.3) is 0 Å². The summed E-state index contributed by atoms with van der Waals surface area (Å²) in [5.41, 5.74) is 1.80. The van der Waals surface area contributed by atoms with E-state index in [4.69, 9.17) is 0 Å². The Hall–Kier alpha value is -2.83. The van der Waals surface area contributed by atoms with Crippen LogP contribution in [0.5, 0.6) is 0 Å². The summed E-state index contributed by atoms with van der Waals surface area (Å²) in [4.78, 5) is 28.4. The zero-order valence-electron chi connectivity index (χ0n) is 14.8. The number of amides is 2. The van der Waals surface area contributed by atoms with Crippen LogP contribution in [-0.2, 0) is 16.1 Å². The average molecular weight is 366 g/mol. The van der Waals surface area contributed by atoms with Crippen molar-refractivity contribution in [2.24, 2.45) is 5.92 Å². The molecule has 4 aliphatic rings. The lowest BCUT2D eigenvalue weighted by Crippen LogP contribution is -2.73. The van der Waals surface area contributed by atoms with Gasteiger partial charge in [-0.25, -0.2) is 4.39 Å². The van der Waals surface area contributed by atoms with Gasteiger partial charge in [-0.3, -0.25) is 9.59 Å². The minimum absolute atomic E-state index is 0.0179. The standard InChI is InChI=1S/C20H19FN4O2/c21-15-3-1-2-14(8-15)17-5-4-16(22-23-17)12-24-6-7-25(19(27)18(24)26)20-9-13(10-20)11-20/h1-5,8,13H,6-7,9-12H2. The highest BCUT2D eigenvalue weighted by molar-refractivity contribution is 6.35. The number of carbonyl (C=O) groups excluding carboxylic acids is 2. The molecule has 2 aromatic rings. The summed E-state index contributed by atoms with van der Waals surface area (Å²) in [6.07, 6.45) is 3.16. The number of benzene rings is 1. The van der Waals surface area contributed by atoms with Gasteiger partial charge in [0.1, 0.15) is 5.82 Å². The first kappa shape index (κ1) is 16.4. The average Bonchev–Trinajstić information content (AvgIpc) is 2.59. The first-order chi connectivity index (χ1) is 13.0. The summed E-state index contributed by atoms with van der Waals surface area (Å²) in [6.45, 7) is 1.36. The van der Waals surface area contributed by atoms with Crippen LogP contribution in [0.1, 0.15) is 25.0 Å². The SMILES string of the molecule is O=C1C(=O)N(C23CC(C2)C3)CCN1Cc1ccc(-c2cccc(F)c2)nn1. The normalized spacial score (nSPS) is 26.6. The zero-order chi connectivity index (χ0) is 18.6. The Morgan fingerprint density at radius 3 is 2.48 bits per heavy atom. The molecule has 1 aliphatic heterocycles. The van der Waals surface area contributed by atoms with Crippen LogP contribution in [0.4, 0.5) is 4.39 Å². The number of rotatable bonds is 4. The van der Waals surface area contributed by atoms with Crippen molar-refractivity contribution in [2.75, 3.05) is 13.1 Å². The molecule has 0 radical (unpaired) electrons. The van der Waals surface area contributed by atoms with Crippen LogP contribution in [0, 0.1) is 11.7 Å². The van der Waals surface area contributed by atoms with E-state index in [9.17, 15) is 14.0 Å². The van der Waals surface area contributed by atoms with Gasteiger partial charge in [0.15, 0.2) is 0 Å². The molecule has 0 N–H and O–H groups in total. The molecule has 6 rings (SSSR count). The van der Waals surface area contributed by atoms with Crippen molar-refractivity contribution in [3.8, 4) is 11.3 Å². The first-order valence-electron chi connectivity index (χ1n) is 9.23. The van der Waals surface area contributed by atoms with E-state index >= 15 is 0 Å². The Kier molecular flexibility index (Phi) is 3.54. The number of halogens is 1. The fourth-order valence-corrected chi connectivity index (χ4v) is 4.48. The molecule has 3 saturated carbocycles. The highest BCUT2D eigenvalue weighted by Gasteiger charge is 2.62. The lowest BCUT2D eigenvalue weighted by molar-refractivity contribution is -0.186. The highest BCUT2D eigenvalue weighted by atomic mass is 19.1. The Morgan fingerprint density at radius 2 is 1.85 bits per heavy atom. The van der Waals surface area contributed by atoms with Crippen molar-refractivity contribution in [1.82, 2.24) is 20.0 Å². The van der Waals surface area contributed by atoms with E-state index in [0.717, 1.165) is 25.2 Å². The lowest BCUT2D eigenvalue weighted by Gasteiger charge is -2.66. The molecule has 0 spiro atoms. The van der Waals surface area contributed by atoms with Gasteiger partial charge in [0, 0.05) is 24.2 Å². The summed E-state index contributed by atoms with van der Waals surface area (Å²) < 4.78 is 13.3. The van der Waals surface area contributed by atoms with Crippen molar-refractivity contribution in [3.05, 3.63) is 47.9 Å². The maximum Gasteiger partial charge on any atom is 0.312 e. The fourth-order valence-electron chi connectivity index (χ4n) is 4.48. The van der Waals surface area contributed by atoms with E-state index in [2.05, 4.69) is 10.2 Å². The third-order valence-electron chi connectivity index (χ3n) is 6.08. The fraction of sp³-hybridized carbons (Fsp3) is 0.400. The third-order valence-corrected chi connectivity index (χ3v) is 6.08. The molecule has 27 heavy (non-hydrogen) atoms. The Morgan fingerprint density at radius 1 is 1.04 bits per heavy atom. The molecule has 4 fully saturated rings. The van der Waals surface area contributed by atoms with Crippen LogP contribution in [0.3, 0.4) is 0 Å². The van der Waals surface area contributed by atoms with Crippen LogP contribution in [0.2, 0.25) is 0 Å².